The van der Waals surface area contributed by atoms with Gasteiger partial charge in [-0.3, -0.25) is 14.9 Å². The van der Waals surface area contributed by atoms with Crippen LogP contribution in [0.3, 0.4) is 0 Å². The maximum Gasteiger partial charge on any atom is 0.338 e. The number of carbonyl (C=O) groups excluding carboxylic acids is 3. The predicted molar refractivity (Wildman–Crippen MR) is 81.4 cm³/mol. The molecule has 0 bridgehead atoms. The molecule has 5 nitrogen and oxygen atoms in total. The Hall–Kier alpha value is -2.17. The second-order valence-corrected chi connectivity index (χ2v) is 6.48. The Morgan fingerprint density at radius 2 is 2.00 bits per heavy atom. The molecule has 5 heteroatoms. The average molecular weight is 303 g/mol. The molecule has 1 aliphatic rings. The third-order valence-electron chi connectivity index (χ3n) is 3.40. The highest BCUT2D eigenvalue weighted by Crippen LogP contribution is 2.26. The van der Waals surface area contributed by atoms with Crippen molar-refractivity contribution in [2.75, 3.05) is 0 Å². The van der Waals surface area contributed by atoms with Crippen molar-refractivity contribution in [2.24, 2.45) is 0 Å². The summed E-state index contributed by atoms with van der Waals surface area (Å²) in [7, 11) is 0. The number of amides is 2. The molecule has 22 heavy (non-hydrogen) atoms. The summed E-state index contributed by atoms with van der Waals surface area (Å²) in [6.45, 7) is 5.41. The number of nitrogens with one attached hydrogen (secondary N) is 1. The highest BCUT2D eigenvalue weighted by molar-refractivity contribution is 5.99. The molecule has 118 valence electrons. The van der Waals surface area contributed by atoms with Crippen molar-refractivity contribution in [3.8, 4) is 0 Å². The van der Waals surface area contributed by atoms with Gasteiger partial charge >= 0.3 is 5.97 Å². The number of imide groups is 1. The largest absolute Gasteiger partial charge is 0.456 e. The van der Waals surface area contributed by atoms with Crippen molar-refractivity contribution in [3.05, 3.63) is 35.4 Å². The van der Waals surface area contributed by atoms with E-state index >= 15 is 0 Å². The lowest BCUT2D eigenvalue weighted by molar-refractivity contribution is -0.130. The van der Waals surface area contributed by atoms with Crippen molar-refractivity contribution < 1.29 is 19.1 Å². The summed E-state index contributed by atoms with van der Waals surface area (Å²) in [5.74, 6) is -1.37. The zero-order chi connectivity index (χ0) is 16.3. The topological polar surface area (TPSA) is 72.5 Å². The van der Waals surface area contributed by atoms with Crippen LogP contribution in [-0.4, -0.2) is 23.4 Å². The minimum Gasteiger partial charge on any atom is -0.456 e. The molecule has 0 saturated carbocycles. The van der Waals surface area contributed by atoms with Gasteiger partial charge in [0.05, 0.1) is 11.5 Å². The van der Waals surface area contributed by atoms with Crippen LogP contribution in [0.5, 0.6) is 0 Å². The van der Waals surface area contributed by atoms with Gasteiger partial charge in [-0.2, -0.15) is 0 Å². The Morgan fingerprint density at radius 1 is 1.27 bits per heavy atom. The first kappa shape index (κ1) is 16.2. The van der Waals surface area contributed by atoms with E-state index in [-0.39, 0.29) is 11.8 Å². The van der Waals surface area contributed by atoms with Crippen LogP contribution < -0.4 is 5.32 Å². The van der Waals surface area contributed by atoms with Crippen molar-refractivity contribution in [2.45, 2.75) is 51.6 Å². The number of hydrogen-bond acceptors (Lipinski definition) is 4. The molecule has 1 aliphatic heterocycles. The molecule has 1 atom stereocenters. The van der Waals surface area contributed by atoms with Gasteiger partial charge in [0.15, 0.2) is 0 Å². The molecule has 2 rings (SSSR count). The van der Waals surface area contributed by atoms with E-state index in [1.807, 2.05) is 0 Å². The molecule has 1 N–H and O–H groups in total. The molecule has 1 heterocycles. The van der Waals surface area contributed by atoms with Crippen molar-refractivity contribution in [1.29, 1.82) is 0 Å². The summed E-state index contributed by atoms with van der Waals surface area (Å²) in [6.07, 6.45) is 1.60. The van der Waals surface area contributed by atoms with E-state index in [0.29, 0.717) is 24.8 Å². The Bertz CT molecular complexity index is 601. The van der Waals surface area contributed by atoms with Crippen LogP contribution in [-0.2, 0) is 14.3 Å². The number of esters is 1. The third kappa shape index (κ3) is 4.16. The first-order chi connectivity index (χ1) is 10.3. The number of carbonyl (C=O) groups is 3. The maximum absolute atomic E-state index is 12.1. The van der Waals surface area contributed by atoms with E-state index < -0.39 is 17.5 Å². The van der Waals surface area contributed by atoms with E-state index in [1.54, 1.807) is 45.0 Å². The second-order valence-electron chi connectivity index (χ2n) is 6.48. The Kier molecular flexibility index (Phi) is 4.64. The summed E-state index contributed by atoms with van der Waals surface area (Å²) < 4.78 is 5.34. The van der Waals surface area contributed by atoms with Gasteiger partial charge in [0.1, 0.15) is 5.60 Å². The summed E-state index contributed by atoms with van der Waals surface area (Å²) in [5.41, 5.74) is 0.575. The van der Waals surface area contributed by atoms with E-state index in [0.717, 1.165) is 5.56 Å². The van der Waals surface area contributed by atoms with Crippen LogP contribution in [0.1, 0.15) is 61.9 Å². The minimum atomic E-state index is -0.570. The molecule has 0 radical (unpaired) electrons. The van der Waals surface area contributed by atoms with Crippen LogP contribution >= 0.6 is 0 Å². The fraction of sp³-hybridized carbons (Fsp3) is 0.471. The molecular formula is C17H21NO4. The standard InChI is InChI=1S/C17H21NO4/c1-17(2,3)22-16(21)12-7-4-6-11(10-12)13-8-5-9-14(19)18-15(13)20/h4,6-7,10,13H,5,8-9H2,1-3H3,(H,18,19,20). The molecular weight excluding hydrogens is 282 g/mol. The molecule has 1 unspecified atom stereocenters. The van der Waals surface area contributed by atoms with Gasteiger partial charge in [0, 0.05) is 6.42 Å². The Morgan fingerprint density at radius 3 is 2.68 bits per heavy atom. The van der Waals surface area contributed by atoms with Gasteiger partial charge in [-0.25, -0.2) is 4.79 Å². The van der Waals surface area contributed by atoms with E-state index in [2.05, 4.69) is 5.32 Å². The lowest BCUT2D eigenvalue weighted by Gasteiger charge is -2.20. The van der Waals surface area contributed by atoms with E-state index in [9.17, 15) is 14.4 Å². The Balaban J connectivity index is 2.22. The summed E-state index contributed by atoms with van der Waals surface area (Å²) in [4.78, 5) is 35.6. The van der Waals surface area contributed by atoms with Gasteiger partial charge in [-0.15, -0.1) is 0 Å². The number of rotatable bonds is 2. The van der Waals surface area contributed by atoms with Gasteiger partial charge in [0.2, 0.25) is 11.8 Å². The number of hydrogen-bond donors (Lipinski definition) is 1. The molecule has 0 aromatic heterocycles. The molecule has 1 aromatic carbocycles. The predicted octanol–water partition coefficient (Wildman–Crippen LogP) is 2.55. The average Bonchev–Trinajstić information content (AvgIpc) is 2.57. The molecule has 0 aliphatic carbocycles. The highest BCUT2D eigenvalue weighted by atomic mass is 16.6. The first-order valence-electron chi connectivity index (χ1n) is 7.43. The molecule has 1 fully saturated rings. The van der Waals surface area contributed by atoms with Crippen LogP contribution in [0.25, 0.3) is 0 Å². The van der Waals surface area contributed by atoms with Gasteiger partial charge < -0.3 is 4.74 Å². The third-order valence-corrected chi connectivity index (χ3v) is 3.40. The Labute approximate surface area is 130 Å². The van der Waals surface area contributed by atoms with Crippen LogP contribution in [0.4, 0.5) is 0 Å². The number of benzene rings is 1. The van der Waals surface area contributed by atoms with Crippen molar-refractivity contribution in [1.82, 2.24) is 5.32 Å². The van der Waals surface area contributed by atoms with Crippen LogP contribution in [0, 0.1) is 0 Å². The smallest absolute Gasteiger partial charge is 0.338 e. The van der Waals surface area contributed by atoms with Gasteiger partial charge in [-0.05, 0) is 51.3 Å². The minimum absolute atomic E-state index is 0.240. The zero-order valence-electron chi connectivity index (χ0n) is 13.1. The normalized spacial score (nSPS) is 19.3. The molecule has 0 spiro atoms. The second kappa shape index (κ2) is 6.30. The fourth-order valence-electron chi connectivity index (χ4n) is 2.42. The highest BCUT2D eigenvalue weighted by Gasteiger charge is 2.26. The van der Waals surface area contributed by atoms with E-state index in [4.69, 9.17) is 4.74 Å². The lowest BCUT2D eigenvalue weighted by atomic mass is 9.92. The van der Waals surface area contributed by atoms with E-state index in [1.165, 1.54) is 0 Å². The lowest BCUT2D eigenvalue weighted by Crippen LogP contribution is -2.32. The summed E-state index contributed by atoms with van der Waals surface area (Å²) in [6, 6.07) is 6.87. The van der Waals surface area contributed by atoms with Crippen LogP contribution in [0.15, 0.2) is 24.3 Å². The summed E-state index contributed by atoms with van der Waals surface area (Å²) >= 11 is 0. The quantitative estimate of drug-likeness (QED) is 0.673. The monoisotopic (exact) mass is 303 g/mol. The first-order valence-corrected chi connectivity index (χ1v) is 7.43. The number of ether oxygens (including phenoxy) is 1. The molecule has 1 saturated heterocycles. The zero-order valence-corrected chi connectivity index (χ0v) is 13.1. The van der Waals surface area contributed by atoms with Crippen molar-refractivity contribution in [3.63, 3.8) is 0 Å². The maximum atomic E-state index is 12.1. The van der Waals surface area contributed by atoms with Gasteiger partial charge in [0.25, 0.3) is 0 Å². The summed E-state index contributed by atoms with van der Waals surface area (Å²) in [5, 5.41) is 2.38. The van der Waals surface area contributed by atoms with Gasteiger partial charge in [-0.1, -0.05) is 12.1 Å². The SMILES string of the molecule is CC(C)(C)OC(=O)c1cccc(C2CCCC(=O)NC2=O)c1. The van der Waals surface area contributed by atoms with Crippen LogP contribution in [0.2, 0.25) is 0 Å². The molecule has 1 aromatic rings. The van der Waals surface area contributed by atoms with Crippen molar-refractivity contribution >= 4 is 17.8 Å². The molecule has 2 amide bonds. The fourth-order valence-corrected chi connectivity index (χ4v) is 2.42.